The third-order valence-corrected chi connectivity index (χ3v) is 4.29. The van der Waals surface area contributed by atoms with Crippen LogP contribution in [-0.2, 0) is 4.79 Å². The van der Waals surface area contributed by atoms with Gasteiger partial charge in [-0.25, -0.2) is 9.79 Å². The number of carboxylic acid groups (broad SMARTS) is 1. The lowest BCUT2D eigenvalue weighted by Gasteiger charge is -2.04. The van der Waals surface area contributed by atoms with Crippen LogP contribution in [0.5, 0.6) is 11.6 Å². The average Bonchev–Trinajstić information content (AvgIpc) is 2.99. The van der Waals surface area contributed by atoms with Gasteiger partial charge in [-0.05, 0) is 36.5 Å². The molecule has 0 spiro atoms. The number of nitrogens with zero attached hydrogens (tertiary/aromatic N) is 1. The SMILES string of the molecule is COc1ccc2c(c1)/C(=C\c1sc(=S)[nH]c1O)C(C(=O)O)=N2. The van der Waals surface area contributed by atoms with Gasteiger partial charge in [0.1, 0.15) is 5.75 Å². The molecule has 3 rings (SSSR count). The number of hydrogen-bond acceptors (Lipinski definition) is 6. The van der Waals surface area contributed by atoms with E-state index in [1.165, 1.54) is 7.11 Å². The van der Waals surface area contributed by atoms with Crippen LogP contribution in [0.25, 0.3) is 11.6 Å². The average molecular weight is 334 g/mol. The molecule has 1 aliphatic rings. The summed E-state index contributed by atoms with van der Waals surface area (Å²) in [6.07, 6.45) is 1.56. The topological polar surface area (TPSA) is 94.9 Å². The Kier molecular flexibility index (Phi) is 3.55. The van der Waals surface area contributed by atoms with Crippen LogP contribution in [0.1, 0.15) is 10.4 Å². The maximum absolute atomic E-state index is 11.4. The minimum absolute atomic E-state index is 0.0815. The highest BCUT2D eigenvalue weighted by molar-refractivity contribution is 7.73. The number of aliphatic imine (C=N–C) groups is 1. The Hall–Kier alpha value is -2.45. The van der Waals surface area contributed by atoms with Crippen molar-refractivity contribution in [2.45, 2.75) is 0 Å². The van der Waals surface area contributed by atoms with Crippen LogP contribution in [0.4, 0.5) is 5.69 Å². The zero-order chi connectivity index (χ0) is 15.9. The van der Waals surface area contributed by atoms with Crippen molar-refractivity contribution in [3.63, 3.8) is 0 Å². The quantitative estimate of drug-likeness (QED) is 0.749. The van der Waals surface area contributed by atoms with Crippen molar-refractivity contribution < 1.29 is 19.7 Å². The number of aromatic nitrogens is 1. The van der Waals surface area contributed by atoms with Crippen LogP contribution in [0.2, 0.25) is 0 Å². The first kappa shape index (κ1) is 14.5. The lowest BCUT2D eigenvalue weighted by atomic mass is 10.0. The number of aromatic hydroxyl groups is 1. The Bertz CT molecular complexity index is 892. The number of aliphatic carboxylic acids is 1. The van der Waals surface area contributed by atoms with Crippen LogP contribution in [-0.4, -0.2) is 34.0 Å². The predicted molar refractivity (Wildman–Crippen MR) is 86.8 cm³/mol. The van der Waals surface area contributed by atoms with Gasteiger partial charge in [0, 0.05) is 11.1 Å². The number of hydrogen-bond donors (Lipinski definition) is 3. The molecule has 1 aromatic carbocycles. The summed E-state index contributed by atoms with van der Waals surface area (Å²) in [5.74, 6) is -0.638. The van der Waals surface area contributed by atoms with E-state index in [9.17, 15) is 15.0 Å². The van der Waals surface area contributed by atoms with Gasteiger partial charge in [0.25, 0.3) is 0 Å². The van der Waals surface area contributed by atoms with Crippen LogP contribution in [0.15, 0.2) is 23.2 Å². The van der Waals surface area contributed by atoms with Gasteiger partial charge in [-0.15, -0.1) is 11.3 Å². The second kappa shape index (κ2) is 5.39. The van der Waals surface area contributed by atoms with Crippen LogP contribution >= 0.6 is 23.6 Å². The highest BCUT2D eigenvalue weighted by Crippen LogP contribution is 2.39. The summed E-state index contributed by atoms with van der Waals surface area (Å²) in [7, 11) is 1.53. The Labute approximate surface area is 134 Å². The first-order valence-electron chi connectivity index (χ1n) is 6.14. The zero-order valence-electron chi connectivity index (χ0n) is 11.3. The minimum atomic E-state index is -1.14. The zero-order valence-corrected chi connectivity index (χ0v) is 12.9. The Morgan fingerprint density at radius 3 is 2.86 bits per heavy atom. The standard InChI is InChI=1S/C14H10N2O4S2/c1-20-6-2-3-9-7(4-6)8(11(15-9)13(18)19)5-10-12(17)16-14(21)22-10/h2-5,17H,1H3,(H,16,21)(H,18,19)/b8-5+. The second-order valence-electron chi connectivity index (χ2n) is 4.43. The smallest absolute Gasteiger partial charge is 0.355 e. The summed E-state index contributed by atoms with van der Waals surface area (Å²) in [6, 6.07) is 5.11. The monoisotopic (exact) mass is 334 g/mol. The number of carboxylic acids is 1. The van der Waals surface area contributed by atoms with E-state index in [-0.39, 0.29) is 11.6 Å². The summed E-state index contributed by atoms with van der Waals surface area (Å²) in [5.41, 5.74) is 1.50. The van der Waals surface area contributed by atoms with Gasteiger partial charge in [-0.3, -0.25) is 0 Å². The van der Waals surface area contributed by atoms with E-state index in [2.05, 4.69) is 9.98 Å². The molecule has 0 saturated heterocycles. The number of H-pyrrole nitrogens is 1. The molecule has 1 aromatic heterocycles. The molecule has 0 fully saturated rings. The molecule has 0 bridgehead atoms. The fraction of sp³-hybridized carbons (Fsp3) is 0.0714. The second-order valence-corrected chi connectivity index (χ2v) is 6.15. The summed E-state index contributed by atoms with van der Waals surface area (Å²) in [5, 5.41) is 19.1. The molecule has 0 radical (unpaired) electrons. The van der Waals surface area contributed by atoms with Gasteiger partial charge in [0.2, 0.25) is 5.88 Å². The highest BCUT2D eigenvalue weighted by Gasteiger charge is 2.27. The molecule has 6 nitrogen and oxygen atoms in total. The van der Waals surface area contributed by atoms with Crippen molar-refractivity contribution in [3.05, 3.63) is 32.6 Å². The third kappa shape index (κ3) is 2.42. The van der Waals surface area contributed by atoms with E-state index < -0.39 is 5.97 Å². The molecule has 2 aromatic rings. The molecule has 0 amide bonds. The molecule has 0 aliphatic carbocycles. The van der Waals surface area contributed by atoms with Crippen LogP contribution < -0.4 is 4.74 Å². The van der Waals surface area contributed by atoms with Crippen LogP contribution in [0, 0.1) is 3.95 Å². The largest absolute Gasteiger partial charge is 0.497 e. The molecule has 8 heteroatoms. The fourth-order valence-electron chi connectivity index (χ4n) is 2.13. The molecule has 1 aliphatic heterocycles. The number of carbonyl (C=O) groups is 1. The van der Waals surface area contributed by atoms with E-state index >= 15 is 0 Å². The third-order valence-electron chi connectivity index (χ3n) is 3.12. The van der Waals surface area contributed by atoms with Crippen molar-refractivity contribution in [3.8, 4) is 11.6 Å². The molecular weight excluding hydrogens is 324 g/mol. The Morgan fingerprint density at radius 1 is 1.50 bits per heavy atom. The van der Waals surface area contributed by atoms with E-state index in [0.717, 1.165) is 11.3 Å². The molecule has 0 unspecified atom stereocenters. The number of aromatic amines is 1. The van der Waals surface area contributed by atoms with Crippen molar-refractivity contribution in [1.29, 1.82) is 0 Å². The number of nitrogens with one attached hydrogen (secondary N) is 1. The maximum Gasteiger partial charge on any atom is 0.355 e. The van der Waals surface area contributed by atoms with Gasteiger partial charge in [0.15, 0.2) is 9.67 Å². The lowest BCUT2D eigenvalue weighted by molar-refractivity contribution is -0.129. The van der Waals surface area contributed by atoms with Crippen molar-refractivity contribution in [2.24, 2.45) is 4.99 Å². The maximum atomic E-state index is 11.4. The number of benzene rings is 1. The molecular formula is C14H10N2O4S2. The number of methoxy groups -OCH3 is 1. The summed E-state index contributed by atoms with van der Waals surface area (Å²) < 4.78 is 5.57. The molecule has 22 heavy (non-hydrogen) atoms. The van der Waals surface area contributed by atoms with Gasteiger partial charge < -0.3 is 19.9 Å². The summed E-state index contributed by atoms with van der Waals surface area (Å²) in [4.78, 5) is 18.6. The predicted octanol–water partition coefficient (Wildman–Crippen LogP) is 3.23. The summed E-state index contributed by atoms with van der Waals surface area (Å²) in [6.45, 7) is 0. The van der Waals surface area contributed by atoms with Crippen molar-refractivity contribution in [1.82, 2.24) is 4.98 Å². The van der Waals surface area contributed by atoms with Gasteiger partial charge >= 0.3 is 5.97 Å². The summed E-state index contributed by atoms with van der Waals surface area (Å²) >= 11 is 6.12. The molecule has 2 heterocycles. The van der Waals surface area contributed by atoms with Gasteiger partial charge in [-0.1, -0.05) is 0 Å². The first-order chi connectivity index (χ1) is 10.5. The number of rotatable bonds is 3. The number of ether oxygens (including phenoxy) is 1. The van der Waals surface area contributed by atoms with E-state index in [4.69, 9.17) is 17.0 Å². The molecule has 112 valence electrons. The Morgan fingerprint density at radius 2 is 2.27 bits per heavy atom. The fourth-order valence-corrected chi connectivity index (χ4v) is 3.17. The van der Waals surface area contributed by atoms with E-state index in [1.807, 2.05) is 0 Å². The van der Waals surface area contributed by atoms with Crippen molar-refractivity contribution in [2.75, 3.05) is 7.11 Å². The van der Waals surface area contributed by atoms with Crippen LogP contribution in [0.3, 0.4) is 0 Å². The minimum Gasteiger partial charge on any atom is -0.497 e. The number of thiazole rings is 1. The highest BCUT2D eigenvalue weighted by atomic mass is 32.1. The molecule has 3 N–H and O–H groups in total. The van der Waals surface area contributed by atoms with Crippen molar-refractivity contribution >= 4 is 52.6 Å². The molecule has 0 atom stereocenters. The lowest BCUT2D eigenvalue weighted by Crippen LogP contribution is -2.11. The Balaban J connectivity index is 2.20. The van der Waals surface area contributed by atoms with Gasteiger partial charge in [0.05, 0.1) is 17.7 Å². The van der Waals surface area contributed by atoms with E-state index in [0.29, 0.717) is 31.4 Å². The van der Waals surface area contributed by atoms with Gasteiger partial charge in [-0.2, -0.15) is 0 Å². The first-order valence-corrected chi connectivity index (χ1v) is 7.36. The molecule has 0 saturated carbocycles. The van der Waals surface area contributed by atoms with E-state index in [1.54, 1.807) is 24.3 Å². The number of fused-ring (bicyclic) bond motifs is 1. The normalized spacial score (nSPS) is 14.8.